The molecule has 2 saturated heterocycles. The van der Waals surface area contributed by atoms with Gasteiger partial charge >= 0.3 is 0 Å². The average Bonchev–Trinajstić information content (AvgIpc) is 3.29. The Balaban J connectivity index is 1.10. The van der Waals surface area contributed by atoms with Crippen LogP contribution in [0.5, 0.6) is 5.75 Å². The number of hydrogen-bond donors (Lipinski definition) is 1. The molecule has 53 heavy (non-hydrogen) atoms. The van der Waals surface area contributed by atoms with Crippen molar-refractivity contribution in [3.05, 3.63) is 69.5 Å². The number of halogens is 2. The van der Waals surface area contributed by atoms with Crippen LogP contribution in [0.2, 0.25) is 5.02 Å². The largest absolute Gasteiger partial charge is 0.490 e. The Labute approximate surface area is 319 Å². The standard InChI is InChI=1S/C43H56ClFN4O4/c1-27-20-46-41(50)29-7-11-39-38(19-29)49(24-42(26-53-39)12-4-5-34-36(42)9-10-37(44)40(34)45)21-30-6-8-35(30)43(51-3,32-17-31(18-32)28(27)2)25-47-13-14-48-15-16-52-23-33(48)22-47/h7,9-11,17,19,27-28,30-31,33,35H,4-6,8,12-16,18,20-26H2,1-3H3,(H,46,50)/t27-,28+,30-,31-,33+,35+,42-,43-/m0/s1. The van der Waals surface area contributed by atoms with Gasteiger partial charge in [0.05, 0.1) is 30.5 Å². The van der Waals surface area contributed by atoms with Crippen molar-refractivity contribution in [3.63, 3.8) is 0 Å². The molecule has 10 heteroatoms. The van der Waals surface area contributed by atoms with E-state index in [9.17, 15) is 4.79 Å². The van der Waals surface area contributed by atoms with Crippen LogP contribution >= 0.6 is 11.6 Å². The maximum Gasteiger partial charge on any atom is 0.251 e. The molecule has 1 amide bonds. The first-order valence-electron chi connectivity index (χ1n) is 20.3. The summed E-state index contributed by atoms with van der Waals surface area (Å²) in [5.74, 6) is 2.40. The second kappa shape index (κ2) is 14.1. The second-order valence-electron chi connectivity index (χ2n) is 17.5. The molecular weight excluding hydrogens is 691 g/mol. The highest BCUT2D eigenvalue weighted by Crippen LogP contribution is 2.54. The summed E-state index contributed by atoms with van der Waals surface area (Å²) in [5, 5.41) is 3.45. The molecule has 5 aliphatic heterocycles. The van der Waals surface area contributed by atoms with Crippen LogP contribution in [-0.2, 0) is 21.3 Å². The molecule has 0 unspecified atom stereocenters. The molecule has 1 N–H and O–H groups in total. The lowest BCUT2D eigenvalue weighted by molar-refractivity contribution is -0.119. The minimum Gasteiger partial charge on any atom is -0.490 e. The number of fused-ring (bicyclic) bond motifs is 7. The Bertz CT molecular complexity index is 1770. The Kier molecular flexibility index (Phi) is 9.58. The van der Waals surface area contributed by atoms with E-state index in [1.54, 1.807) is 6.07 Å². The molecule has 0 radical (unpaired) electrons. The van der Waals surface area contributed by atoms with Crippen molar-refractivity contribution in [2.45, 2.75) is 69.4 Å². The average molecular weight is 747 g/mol. The van der Waals surface area contributed by atoms with E-state index in [1.165, 1.54) is 5.57 Å². The van der Waals surface area contributed by atoms with E-state index < -0.39 is 5.41 Å². The van der Waals surface area contributed by atoms with E-state index in [-0.39, 0.29) is 22.3 Å². The van der Waals surface area contributed by atoms with E-state index in [0.29, 0.717) is 67.3 Å². The first-order valence-corrected chi connectivity index (χ1v) is 20.6. The van der Waals surface area contributed by atoms with Gasteiger partial charge in [-0.05, 0) is 109 Å². The molecule has 1 spiro atoms. The fourth-order valence-electron chi connectivity index (χ4n) is 11.2. The lowest BCUT2D eigenvalue weighted by atomic mass is 9.57. The molecular formula is C43H56ClFN4O4. The minimum atomic E-state index is -0.407. The van der Waals surface area contributed by atoms with Crippen LogP contribution in [0.3, 0.4) is 0 Å². The maximum absolute atomic E-state index is 15.6. The summed E-state index contributed by atoms with van der Waals surface area (Å²) >= 11 is 6.34. The van der Waals surface area contributed by atoms with Crippen molar-refractivity contribution in [1.82, 2.24) is 15.1 Å². The maximum atomic E-state index is 15.6. The third kappa shape index (κ3) is 6.21. The number of anilines is 1. The number of nitrogens with one attached hydrogen (secondary N) is 1. The molecule has 3 aliphatic carbocycles. The Morgan fingerprint density at radius 1 is 1.11 bits per heavy atom. The Morgan fingerprint density at radius 2 is 1.98 bits per heavy atom. The van der Waals surface area contributed by atoms with Gasteiger partial charge in [-0.25, -0.2) is 4.39 Å². The number of benzene rings is 2. The van der Waals surface area contributed by atoms with Crippen LogP contribution in [0.1, 0.15) is 67.4 Å². The van der Waals surface area contributed by atoms with Gasteiger partial charge in [-0.3, -0.25) is 14.6 Å². The number of methoxy groups -OCH3 is 1. The molecule has 0 aromatic heterocycles. The van der Waals surface area contributed by atoms with E-state index >= 15 is 4.39 Å². The van der Waals surface area contributed by atoms with E-state index in [4.69, 9.17) is 25.8 Å². The summed E-state index contributed by atoms with van der Waals surface area (Å²) in [4.78, 5) is 21.5. The van der Waals surface area contributed by atoms with E-state index in [2.05, 4.69) is 39.9 Å². The SMILES string of the molecule is CO[C@@]1(CN2CCN3CCOC[C@H]3C2)C2=C[C@@H](C2)[C@H](C)[C@@H](C)CNC(=O)c2ccc3c(c2)N(C[C@@H]2CC[C@H]21)C[C@@]1(CCCc2c1ccc(Cl)c2F)CO3. The highest BCUT2D eigenvalue weighted by atomic mass is 35.5. The number of rotatable bonds is 3. The summed E-state index contributed by atoms with van der Waals surface area (Å²) < 4.78 is 35.2. The predicted octanol–water partition coefficient (Wildman–Crippen LogP) is 6.34. The van der Waals surface area contributed by atoms with Gasteiger partial charge in [0.25, 0.3) is 5.91 Å². The first kappa shape index (κ1) is 36.0. The number of hydrogen-bond acceptors (Lipinski definition) is 7. The third-order valence-electron chi connectivity index (χ3n) is 14.8. The molecule has 5 heterocycles. The monoisotopic (exact) mass is 746 g/mol. The first-order chi connectivity index (χ1) is 25.7. The van der Waals surface area contributed by atoms with Crippen LogP contribution < -0.4 is 15.0 Å². The van der Waals surface area contributed by atoms with Crippen LogP contribution in [0.4, 0.5) is 10.1 Å². The molecule has 3 fully saturated rings. The number of allylic oxidation sites excluding steroid dienone is 1. The van der Waals surface area contributed by atoms with Gasteiger partial charge < -0.3 is 24.4 Å². The van der Waals surface area contributed by atoms with Gasteiger partial charge in [-0.15, -0.1) is 0 Å². The lowest BCUT2D eigenvalue weighted by Crippen LogP contribution is -2.64. The topological polar surface area (TPSA) is 66.5 Å². The number of piperazine rings is 1. The van der Waals surface area contributed by atoms with Gasteiger partial charge in [0, 0.05) is 76.5 Å². The van der Waals surface area contributed by atoms with Crippen LogP contribution in [0, 0.1) is 35.4 Å². The summed E-state index contributed by atoms with van der Waals surface area (Å²) in [6.07, 6.45) is 8.27. The molecule has 10 rings (SSSR count). The molecule has 8 atom stereocenters. The molecule has 4 bridgehead atoms. The van der Waals surface area contributed by atoms with Gasteiger partial charge in [-0.2, -0.15) is 0 Å². The number of ether oxygens (including phenoxy) is 3. The molecule has 2 aromatic carbocycles. The van der Waals surface area contributed by atoms with E-state index in [1.807, 2.05) is 31.4 Å². The zero-order valence-corrected chi connectivity index (χ0v) is 32.4. The zero-order valence-electron chi connectivity index (χ0n) is 31.7. The number of carbonyl (C=O) groups excluding carboxylic acids is 1. The fraction of sp³-hybridized carbons (Fsp3) is 0.651. The Morgan fingerprint density at radius 3 is 2.79 bits per heavy atom. The highest BCUT2D eigenvalue weighted by molar-refractivity contribution is 6.30. The minimum absolute atomic E-state index is 0.0502. The number of morpholine rings is 1. The van der Waals surface area contributed by atoms with Crippen molar-refractivity contribution in [2.24, 2.45) is 29.6 Å². The molecule has 286 valence electrons. The second-order valence-corrected chi connectivity index (χ2v) is 17.9. The van der Waals surface area contributed by atoms with Gasteiger partial charge in [0.1, 0.15) is 17.2 Å². The smallest absolute Gasteiger partial charge is 0.251 e. The fourth-order valence-corrected chi connectivity index (χ4v) is 11.3. The van der Waals surface area contributed by atoms with Crippen LogP contribution in [0.15, 0.2) is 42.0 Å². The summed E-state index contributed by atoms with van der Waals surface area (Å²) in [5.41, 5.74) is 4.03. The normalized spacial score (nSPS) is 36.1. The summed E-state index contributed by atoms with van der Waals surface area (Å²) in [7, 11) is 1.96. The molecule has 2 aromatic rings. The zero-order chi connectivity index (χ0) is 36.5. The number of nitrogens with zero attached hydrogens (tertiary/aromatic N) is 3. The van der Waals surface area contributed by atoms with E-state index in [0.717, 1.165) is 107 Å². The van der Waals surface area contributed by atoms with Crippen molar-refractivity contribution in [1.29, 1.82) is 0 Å². The lowest BCUT2D eigenvalue weighted by Gasteiger charge is -2.57. The van der Waals surface area contributed by atoms with Gasteiger partial charge in [0.2, 0.25) is 0 Å². The van der Waals surface area contributed by atoms with Crippen LogP contribution in [0.25, 0.3) is 0 Å². The number of carbonyl (C=O) groups is 1. The number of amides is 1. The van der Waals surface area contributed by atoms with Crippen molar-refractivity contribution in [3.8, 4) is 5.75 Å². The summed E-state index contributed by atoms with van der Waals surface area (Å²) in [6.45, 7) is 13.9. The van der Waals surface area contributed by atoms with Gasteiger partial charge in [0.15, 0.2) is 0 Å². The van der Waals surface area contributed by atoms with Crippen LogP contribution in [-0.4, -0.2) is 107 Å². The van der Waals surface area contributed by atoms with Crippen molar-refractivity contribution in [2.75, 3.05) is 84.2 Å². The predicted molar refractivity (Wildman–Crippen MR) is 206 cm³/mol. The quantitative estimate of drug-likeness (QED) is 0.368. The van der Waals surface area contributed by atoms with Crippen molar-refractivity contribution < 1.29 is 23.4 Å². The molecule has 8 nitrogen and oxygen atoms in total. The van der Waals surface area contributed by atoms with Gasteiger partial charge in [-0.1, -0.05) is 37.6 Å². The molecule has 8 aliphatic rings. The third-order valence-corrected chi connectivity index (χ3v) is 15.1. The highest BCUT2D eigenvalue weighted by Gasteiger charge is 2.55. The van der Waals surface area contributed by atoms with Crippen molar-refractivity contribution >= 4 is 23.2 Å². The molecule has 1 saturated carbocycles. The summed E-state index contributed by atoms with van der Waals surface area (Å²) in [6, 6.07) is 10.1. The Hall–Kier alpha value is -2.69.